The maximum atomic E-state index is 15.0. The van der Waals surface area contributed by atoms with Crippen LogP contribution in [0.4, 0.5) is 38.1 Å². The van der Waals surface area contributed by atoms with Gasteiger partial charge in [0.1, 0.15) is 16.9 Å². The first-order valence-electron chi connectivity index (χ1n) is 12.8. The van der Waals surface area contributed by atoms with Gasteiger partial charge in [0.05, 0.1) is 30.0 Å². The first-order chi connectivity index (χ1) is 19.2. The van der Waals surface area contributed by atoms with E-state index in [4.69, 9.17) is 16.3 Å². The summed E-state index contributed by atoms with van der Waals surface area (Å²) in [4.78, 5) is 29.5. The Kier molecular flexibility index (Phi) is 5.97. The van der Waals surface area contributed by atoms with Crippen LogP contribution in [0, 0.1) is 5.41 Å². The Hall–Kier alpha value is -3.68. The van der Waals surface area contributed by atoms with E-state index < -0.39 is 53.5 Å². The predicted octanol–water partition coefficient (Wildman–Crippen LogP) is 4.71. The summed E-state index contributed by atoms with van der Waals surface area (Å²) in [5, 5.41) is 8.99. The molecule has 1 saturated heterocycles. The molecule has 2 amide bonds. The molecule has 0 radical (unpaired) electrons. The minimum atomic E-state index is -4.65. The van der Waals surface area contributed by atoms with Gasteiger partial charge in [0.25, 0.3) is 5.92 Å². The molecule has 1 aliphatic carbocycles. The number of carbonyl (C=O) groups excluding carboxylic acids is 2. The van der Waals surface area contributed by atoms with Crippen molar-refractivity contribution in [2.45, 2.75) is 49.8 Å². The second-order valence-electron chi connectivity index (χ2n) is 10.9. The van der Waals surface area contributed by atoms with Crippen LogP contribution in [0.3, 0.4) is 0 Å². The van der Waals surface area contributed by atoms with E-state index in [0.29, 0.717) is 5.69 Å². The lowest BCUT2D eigenvalue weighted by atomic mass is 9.87. The van der Waals surface area contributed by atoms with Crippen LogP contribution < -0.4 is 15.5 Å². The van der Waals surface area contributed by atoms with Crippen molar-refractivity contribution < 1.29 is 36.3 Å². The third kappa shape index (κ3) is 4.01. The smallest absolute Gasteiger partial charge is 0.407 e. The molecule has 1 saturated carbocycles. The van der Waals surface area contributed by atoms with Crippen molar-refractivity contribution in [3.05, 3.63) is 52.9 Å². The summed E-state index contributed by atoms with van der Waals surface area (Å²) in [6.07, 6.45) is -4.09. The summed E-state index contributed by atoms with van der Waals surface area (Å²) < 4.78 is 79.3. The summed E-state index contributed by atoms with van der Waals surface area (Å²) >= 11 is 5.95. The van der Waals surface area contributed by atoms with E-state index in [1.54, 1.807) is 0 Å². The zero-order valence-electron chi connectivity index (χ0n) is 21.7. The highest BCUT2D eigenvalue weighted by Gasteiger charge is 2.82. The SMILES string of the molecule is C[C@@]1(C(F)(F)F)CN(c2ccc([C@H]3C(F)(F)[C@]3(C)C(=O)NCCC3CNC(=O)O3)cc2)c2cnc3cc(Cl)nn3c21. The molecule has 4 heterocycles. The quantitative estimate of drug-likeness (QED) is 0.399. The molecule has 218 valence electrons. The van der Waals surface area contributed by atoms with Gasteiger partial charge in [-0.25, -0.2) is 23.1 Å². The Labute approximate surface area is 235 Å². The zero-order chi connectivity index (χ0) is 29.5. The van der Waals surface area contributed by atoms with Crippen LogP contribution in [0.15, 0.2) is 36.5 Å². The van der Waals surface area contributed by atoms with E-state index in [1.807, 2.05) is 0 Å². The third-order valence-corrected chi connectivity index (χ3v) is 8.59. The van der Waals surface area contributed by atoms with E-state index in [1.165, 1.54) is 48.4 Å². The number of alkyl carbamates (subject to hydrolysis) is 1. The molecule has 41 heavy (non-hydrogen) atoms. The molecule has 9 nitrogen and oxygen atoms in total. The fourth-order valence-electron chi connectivity index (χ4n) is 5.87. The molecular weight excluding hydrogens is 575 g/mol. The van der Waals surface area contributed by atoms with Crippen molar-refractivity contribution in [1.29, 1.82) is 0 Å². The lowest BCUT2D eigenvalue weighted by Gasteiger charge is -2.28. The number of alkyl halides is 5. The van der Waals surface area contributed by atoms with Crippen molar-refractivity contribution in [3.63, 3.8) is 0 Å². The van der Waals surface area contributed by atoms with Gasteiger partial charge in [-0.05, 0) is 31.5 Å². The maximum Gasteiger partial charge on any atom is 0.407 e. The molecule has 1 aromatic carbocycles. The fourth-order valence-corrected chi connectivity index (χ4v) is 6.04. The monoisotopic (exact) mass is 598 g/mol. The minimum Gasteiger partial charge on any atom is -0.444 e. The summed E-state index contributed by atoms with van der Waals surface area (Å²) in [6.45, 7) is 2.07. The van der Waals surface area contributed by atoms with E-state index in [9.17, 15) is 22.8 Å². The standard InChI is InChI=1S/C26H24ClF5N6O3/c1-23(26(30,31)32)12-37(16-11-34-18-9-17(27)36-38(18)20(16)23)14-5-3-13(4-6-14)19-24(2,25(19,28)29)21(39)33-8-7-15-10-35-22(40)41-15/h3-6,9,11,15,19H,7-8,10,12H2,1-2H3,(H,33,39)(H,35,40)/t15?,19-,23-,24+/m1/s1. The highest BCUT2D eigenvalue weighted by Crippen LogP contribution is 2.71. The number of hydrogen-bond acceptors (Lipinski definition) is 6. The second-order valence-corrected chi connectivity index (χ2v) is 11.3. The van der Waals surface area contributed by atoms with Crippen molar-refractivity contribution in [2.24, 2.45) is 5.41 Å². The summed E-state index contributed by atoms with van der Waals surface area (Å²) in [6, 6.07) is 7.07. The number of nitrogens with one attached hydrogen (secondary N) is 2. The van der Waals surface area contributed by atoms with Crippen LogP contribution in [0.2, 0.25) is 5.15 Å². The van der Waals surface area contributed by atoms with Gasteiger partial charge in [-0.1, -0.05) is 23.7 Å². The molecule has 2 N–H and O–H groups in total. The Morgan fingerprint density at radius 2 is 1.95 bits per heavy atom. The number of halogens is 6. The van der Waals surface area contributed by atoms with Crippen LogP contribution in [0.5, 0.6) is 0 Å². The summed E-state index contributed by atoms with van der Waals surface area (Å²) in [7, 11) is 0. The molecule has 3 aromatic rings. The molecule has 4 atom stereocenters. The van der Waals surface area contributed by atoms with Gasteiger partial charge in [0.2, 0.25) is 5.91 Å². The number of amides is 2. The first kappa shape index (κ1) is 27.5. The van der Waals surface area contributed by atoms with Crippen LogP contribution in [-0.4, -0.2) is 64.4 Å². The molecule has 15 heteroatoms. The zero-order valence-corrected chi connectivity index (χ0v) is 22.5. The molecule has 2 fully saturated rings. The van der Waals surface area contributed by atoms with Gasteiger partial charge in [-0.2, -0.15) is 18.3 Å². The molecule has 6 rings (SSSR count). The molecule has 2 aromatic heterocycles. The molecule has 3 aliphatic rings. The van der Waals surface area contributed by atoms with Crippen LogP contribution in [0.1, 0.15) is 37.4 Å². The van der Waals surface area contributed by atoms with Crippen molar-refractivity contribution in [1.82, 2.24) is 25.2 Å². The van der Waals surface area contributed by atoms with Crippen LogP contribution in [0.25, 0.3) is 5.65 Å². The van der Waals surface area contributed by atoms with Crippen molar-refractivity contribution >= 4 is 40.6 Å². The summed E-state index contributed by atoms with van der Waals surface area (Å²) in [5.41, 5.74) is -3.64. The number of rotatable bonds is 6. The Bertz CT molecular complexity index is 1560. The number of fused-ring (bicyclic) bond motifs is 3. The molecule has 2 aliphatic heterocycles. The number of carbonyl (C=O) groups is 2. The number of cyclic esters (lactones) is 1. The Morgan fingerprint density at radius 3 is 2.59 bits per heavy atom. The van der Waals surface area contributed by atoms with E-state index >= 15 is 8.78 Å². The van der Waals surface area contributed by atoms with E-state index in [0.717, 1.165) is 11.4 Å². The van der Waals surface area contributed by atoms with E-state index in [-0.39, 0.29) is 47.3 Å². The topological polar surface area (TPSA) is 101 Å². The number of benzene rings is 1. The van der Waals surface area contributed by atoms with Gasteiger partial charge in [0.15, 0.2) is 10.8 Å². The number of nitrogens with zero attached hydrogens (tertiary/aromatic N) is 4. The predicted molar refractivity (Wildman–Crippen MR) is 137 cm³/mol. The normalized spacial score (nSPS) is 28.4. The fraction of sp³-hybridized carbons (Fsp3) is 0.462. The van der Waals surface area contributed by atoms with E-state index in [2.05, 4.69) is 20.7 Å². The van der Waals surface area contributed by atoms with Gasteiger partial charge < -0.3 is 20.3 Å². The Morgan fingerprint density at radius 1 is 1.24 bits per heavy atom. The summed E-state index contributed by atoms with van der Waals surface area (Å²) in [5.74, 6) is -5.60. The van der Waals surface area contributed by atoms with Gasteiger partial charge >= 0.3 is 12.3 Å². The maximum absolute atomic E-state index is 15.0. The first-order valence-corrected chi connectivity index (χ1v) is 13.2. The highest BCUT2D eigenvalue weighted by atomic mass is 35.5. The van der Waals surface area contributed by atoms with Crippen molar-refractivity contribution in [2.75, 3.05) is 24.5 Å². The lowest BCUT2D eigenvalue weighted by molar-refractivity contribution is -0.181. The van der Waals surface area contributed by atoms with Gasteiger partial charge in [-0.3, -0.25) is 4.79 Å². The second kappa shape index (κ2) is 8.91. The van der Waals surface area contributed by atoms with Crippen molar-refractivity contribution in [3.8, 4) is 0 Å². The molecular formula is C26H24ClF5N6O3. The number of aromatic nitrogens is 3. The van der Waals surface area contributed by atoms with Gasteiger partial charge in [0, 0.05) is 31.3 Å². The van der Waals surface area contributed by atoms with Gasteiger partial charge in [-0.15, -0.1) is 0 Å². The number of anilines is 2. The average molecular weight is 599 g/mol. The molecule has 0 bridgehead atoms. The number of ether oxygens (including phenoxy) is 1. The van der Waals surface area contributed by atoms with Crippen LogP contribution in [-0.2, 0) is 14.9 Å². The lowest BCUT2D eigenvalue weighted by Crippen LogP contribution is -2.43. The van der Waals surface area contributed by atoms with Crippen LogP contribution >= 0.6 is 11.6 Å². The third-order valence-electron chi connectivity index (χ3n) is 8.41. The molecule has 1 unspecified atom stereocenters. The average Bonchev–Trinajstić information content (AvgIpc) is 3.37. The number of hydrogen-bond donors (Lipinski definition) is 2. The largest absolute Gasteiger partial charge is 0.444 e. The Balaban J connectivity index is 1.24. The highest BCUT2D eigenvalue weighted by molar-refractivity contribution is 6.29. The molecule has 0 spiro atoms. The minimum absolute atomic E-state index is 0.00495.